The van der Waals surface area contributed by atoms with Gasteiger partial charge in [0.15, 0.2) is 0 Å². The molecular weight excluding hydrogens is 853 g/mol. The number of carbonyl (C=O) groups is 5. The van der Waals surface area contributed by atoms with E-state index in [1.165, 1.54) is 25.7 Å². The number of aliphatic carboxylic acids is 4. The van der Waals surface area contributed by atoms with Crippen LogP contribution in [0.15, 0.2) is 65.0 Å². The molecule has 15 nitrogen and oxygen atoms in total. The van der Waals surface area contributed by atoms with Gasteiger partial charge in [0, 0.05) is 77.9 Å². The van der Waals surface area contributed by atoms with Gasteiger partial charge in [0.05, 0.1) is 49.5 Å². The lowest BCUT2D eigenvalue weighted by Crippen LogP contribution is -2.56. The van der Waals surface area contributed by atoms with E-state index in [4.69, 9.17) is 38.2 Å². The molecule has 63 heavy (non-hydrogen) atoms. The maximum atomic E-state index is 14.0. The van der Waals surface area contributed by atoms with Crippen LogP contribution in [0.1, 0.15) is 86.8 Å². The first-order valence-electron chi connectivity index (χ1n) is 21.9. The van der Waals surface area contributed by atoms with Crippen LogP contribution in [0.5, 0.6) is 0 Å². The van der Waals surface area contributed by atoms with E-state index in [1.54, 1.807) is 18.2 Å². The molecule has 342 valence electrons. The largest absolute Gasteiger partial charge is 0.481 e. The third-order valence-electron chi connectivity index (χ3n) is 13.2. The normalized spacial score (nSPS) is 23.0. The number of hydrogen-bond acceptors (Lipinski definition) is 10. The third kappa shape index (κ3) is 12.4. The molecule has 0 radical (unpaired) electrons. The van der Waals surface area contributed by atoms with Gasteiger partial charge < -0.3 is 45.2 Å². The number of carboxylic acids is 4. The van der Waals surface area contributed by atoms with Gasteiger partial charge in [-0.3, -0.25) is 19.3 Å². The summed E-state index contributed by atoms with van der Waals surface area (Å²) in [6.07, 6.45) is 7.15. The highest BCUT2D eigenvalue weighted by molar-refractivity contribution is 6.36. The van der Waals surface area contributed by atoms with Gasteiger partial charge in [0.2, 0.25) is 5.91 Å². The number of halogens is 2. The lowest BCUT2D eigenvalue weighted by Gasteiger charge is -2.45. The number of allylic oxidation sites excluding steroid dienone is 1. The van der Waals surface area contributed by atoms with Crippen molar-refractivity contribution in [2.75, 3.05) is 59.5 Å². The molecule has 0 aliphatic carbocycles. The van der Waals surface area contributed by atoms with Crippen molar-refractivity contribution in [1.29, 1.82) is 0 Å². The summed E-state index contributed by atoms with van der Waals surface area (Å²) < 4.78 is 6.08. The van der Waals surface area contributed by atoms with E-state index in [2.05, 4.69) is 27.1 Å². The topological polar surface area (TPSA) is 200 Å². The van der Waals surface area contributed by atoms with Crippen molar-refractivity contribution >= 4 is 53.0 Å². The summed E-state index contributed by atoms with van der Waals surface area (Å²) in [6, 6.07) is 14.5. The number of fused-ring (bicyclic) bond motifs is 2. The number of amides is 1. The molecule has 5 heterocycles. The molecule has 7 rings (SSSR count). The standard InChI is InChI=1S/C42H53Cl2N5O6.C4H6O4/c1-46-29-12-13-30(46)24-31(23-29)48-17-19-49(20-18-48)36(50)25-35-39(42(53)54)40(37-32(43)9-6-10-33(37)44)38(41(51)52)34(45-35)14-11-27-7-2-3-8-28(27)26-55-22-21-47-15-4-5-16-47;5-3(6)1-2-4(7)8/h2-3,6-10,29-31,40,45H,4-5,11-26H2,1H3,(H,51,52)(H,53,54);1-2H2,(H,5,6)(H,7,8). The zero-order chi connectivity index (χ0) is 45.2. The van der Waals surface area contributed by atoms with E-state index >= 15 is 0 Å². The predicted molar refractivity (Wildman–Crippen MR) is 237 cm³/mol. The van der Waals surface area contributed by atoms with Crippen molar-refractivity contribution in [1.82, 2.24) is 24.9 Å². The number of likely N-dealkylation sites (tertiary alicyclic amines) is 1. The van der Waals surface area contributed by atoms with Crippen LogP contribution >= 0.6 is 23.2 Å². The van der Waals surface area contributed by atoms with E-state index in [9.17, 15) is 34.2 Å². The molecule has 5 aliphatic rings. The highest BCUT2D eigenvalue weighted by atomic mass is 35.5. The molecule has 5 aliphatic heterocycles. The first kappa shape index (κ1) is 48.0. The number of nitrogens with zero attached hydrogens (tertiary/aromatic N) is 4. The summed E-state index contributed by atoms with van der Waals surface area (Å²) in [7, 11) is 2.24. The predicted octanol–water partition coefficient (Wildman–Crippen LogP) is 5.70. The summed E-state index contributed by atoms with van der Waals surface area (Å²) in [5.74, 6) is -6.30. The Balaban J connectivity index is 0.000000753. The number of piperidine rings is 1. The molecule has 4 saturated heterocycles. The average Bonchev–Trinajstić information content (AvgIpc) is 3.83. The molecule has 4 fully saturated rings. The number of piperazine rings is 1. The fraction of sp³-hybridized carbons (Fsp3) is 0.543. The van der Waals surface area contributed by atoms with Gasteiger partial charge in [-0.25, -0.2) is 9.59 Å². The van der Waals surface area contributed by atoms with E-state index < -0.39 is 29.8 Å². The molecule has 0 aromatic heterocycles. The number of nitrogens with one attached hydrogen (secondary N) is 1. The molecule has 0 saturated carbocycles. The van der Waals surface area contributed by atoms with E-state index in [0.717, 1.165) is 56.7 Å². The van der Waals surface area contributed by atoms with Crippen LogP contribution in [0.4, 0.5) is 0 Å². The van der Waals surface area contributed by atoms with Crippen molar-refractivity contribution < 1.29 is 49.1 Å². The Labute approximate surface area is 378 Å². The van der Waals surface area contributed by atoms with Gasteiger partial charge in [0.1, 0.15) is 0 Å². The second kappa shape index (κ2) is 22.4. The number of aryl methyl sites for hydroxylation is 1. The summed E-state index contributed by atoms with van der Waals surface area (Å²) in [5.41, 5.74) is 2.29. The van der Waals surface area contributed by atoms with E-state index in [0.29, 0.717) is 56.5 Å². The smallest absolute Gasteiger partial charge is 0.334 e. The maximum Gasteiger partial charge on any atom is 0.334 e. The number of ether oxygens (including phenoxy) is 1. The number of rotatable bonds is 17. The lowest BCUT2D eigenvalue weighted by molar-refractivity contribution is -0.143. The molecule has 3 unspecified atom stereocenters. The number of carbonyl (C=O) groups excluding carboxylic acids is 1. The second-order valence-electron chi connectivity index (χ2n) is 17.0. The van der Waals surface area contributed by atoms with Crippen LogP contribution in [0.3, 0.4) is 0 Å². The van der Waals surface area contributed by atoms with E-state index in [1.807, 2.05) is 29.2 Å². The zero-order valence-corrected chi connectivity index (χ0v) is 37.3. The monoisotopic (exact) mass is 911 g/mol. The van der Waals surface area contributed by atoms with Crippen molar-refractivity contribution in [3.63, 3.8) is 0 Å². The molecule has 0 spiro atoms. The molecule has 17 heteroatoms. The Morgan fingerprint density at radius 2 is 1.29 bits per heavy atom. The quantitative estimate of drug-likeness (QED) is 0.121. The summed E-state index contributed by atoms with van der Waals surface area (Å²) in [6.45, 7) is 6.80. The van der Waals surface area contributed by atoms with Gasteiger partial charge >= 0.3 is 23.9 Å². The van der Waals surface area contributed by atoms with Gasteiger partial charge in [0.25, 0.3) is 0 Å². The highest BCUT2D eigenvalue weighted by Crippen LogP contribution is 2.45. The van der Waals surface area contributed by atoms with Gasteiger partial charge in [-0.15, -0.1) is 0 Å². The lowest BCUT2D eigenvalue weighted by atomic mass is 9.78. The van der Waals surface area contributed by atoms with Crippen LogP contribution in [-0.4, -0.2) is 147 Å². The fourth-order valence-corrected chi connectivity index (χ4v) is 10.4. The van der Waals surface area contributed by atoms with Crippen LogP contribution in [0, 0.1) is 0 Å². The molecule has 1 amide bonds. The van der Waals surface area contributed by atoms with Crippen LogP contribution in [0.2, 0.25) is 10.0 Å². The third-order valence-corrected chi connectivity index (χ3v) is 13.8. The minimum absolute atomic E-state index is 0.149. The molecular formula is C46H59Cl2N5O10. The van der Waals surface area contributed by atoms with Crippen molar-refractivity contribution in [2.24, 2.45) is 0 Å². The number of carboxylic acid groups (broad SMARTS) is 4. The fourth-order valence-electron chi connectivity index (χ4n) is 9.80. The maximum absolute atomic E-state index is 14.0. The Kier molecular flexibility index (Phi) is 17.1. The van der Waals surface area contributed by atoms with Crippen molar-refractivity contribution in [3.8, 4) is 0 Å². The summed E-state index contributed by atoms with van der Waals surface area (Å²) >= 11 is 13.4. The minimum Gasteiger partial charge on any atom is -0.481 e. The molecule has 2 aromatic rings. The SMILES string of the molecule is CN1C2CCC1CC(N1CCN(C(=O)CC3=C(C(=O)O)C(c4c(Cl)cccc4Cl)C(C(=O)O)=C(CCc4ccccc4COCCN4CCCC4)N3)CC1)C2.O=C(O)CCC(=O)O. The zero-order valence-electron chi connectivity index (χ0n) is 35.8. The average molecular weight is 913 g/mol. The van der Waals surface area contributed by atoms with E-state index in [-0.39, 0.29) is 64.0 Å². The van der Waals surface area contributed by atoms with Gasteiger partial charge in [-0.2, -0.15) is 0 Å². The van der Waals surface area contributed by atoms with Crippen molar-refractivity contribution in [3.05, 3.63) is 91.7 Å². The molecule has 2 aromatic carbocycles. The molecule has 2 bridgehead atoms. The Morgan fingerprint density at radius 1 is 0.714 bits per heavy atom. The first-order valence-corrected chi connectivity index (χ1v) is 22.6. The first-order chi connectivity index (χ1) is 30.2. The number of hydrogen-bond donors (Lipinski definition) is 5. The van der Waals surface area contributed by atoms with Crippen LogP contribution in [0.25, 0.3) is 0 Å². The summed E-state index contributed by atoms with van der Waals surface area (Å²) in [5, 5.41) is 40.8. The number of dihydropyridines is 1. The minimum atomic E-state index is -1.34. The van der Waals surface area contributed by atoms with Crippen LogP contribution < -0.4 is 5.32 Å². The Bertz CT molecular complexity index is 2020. The molecule has 5 N–H and O–H groups in total. The summed E-state index contributed by atoms with van der Waals surface area (Å²) in [4.78, 5) is 69.0. The molecule has 3 atom stereocenters. The Hall–Kier alpha value is -4.51. The van der Waals surface area contributed by atoms with Crippen LogP contribution in [-0.2, 0) is 41.7 Å². The Morgan fingerprint density at radius 3 is 1.86 bits per heavy atom. The number of benzene rings is 2. The highest BCUT2D eigenvalue weighted by Gasteiger charge is 2.43. The second-order valence-corrected chi connectivity index (χ2v) is 17.8. The van der Waals surface area contributed by atoms with Crippen molar-refractivity contribution in [2.45, 2.75) is 101 Å². The van der Waals surface area contributed by atoms with Gasteiger partial charge in [-0.05, 0) is 94.8 Å². The van der Waals surface area contributed by atoms with Gasteiger partial charge in [-0.1, -0.05) is 53.5 Å².